The Balaban J connectivity index is 0.000000363. The molecule has 8 nitrogen and oxygen atoms in total. The van der Waals surface area contributed by atoms with Gasteiger partial charge in [-0.2, -0.15) is 0 Å². The third-order valence-electron chi connectivity index (χ3n) is 4.35. The van der Waals surface area contributed by atoms with E-state index in [2.05, 4.69) is 53.7 Å². The van der Waals surface area contributed by atoms with Gasteiger partial charge in [-0.15, -0.1) is 5.10 Å². The van der Waals surface area contributed by atoms with Crippen molar-refractivity contribution in [3.05, 3.63) is 41.7 Å². The number of nitrogens with one attached hydrogen (secondary N) is 1. The molecule has 0 spiro atoms. The minimum absolute atomic E-state index is 0.304. The fraction of sp³-hybridized carbons (Fsp3) is 0.625. The zero-order valence-electron chi connectivity index (χ0n) is 20.3. The lowest BCUT2D eigenvalue weighted by Gasteiger charge is -2.05. The van der Waals surface area contributed by atoms with Crippen molar-refractivity contribution >= 4 is 12.0 Å². The van der Waals surface area contributed by atoms with Crippen LogP contribution in [-0.4, -0.2) is 61.4 Å². The molecule has 1 N–H and O–H groups in total. The molecule has 0 atom stereocenters. The van der Waals surface area contributed by atoms with Crippen molar-refractivity contribution in [2.45, 2.75) is 53.2 Å². The molecular formula is C24H40N4O4. The van der Waals surface area contributed by atoms with E-state index < -0.39 is 0 Å². The molecule has 0 radical (unpaired) electrons. The molecule has 180 valence electrons. The Morgan fingerprint density at radius 1 is 0.969 bits per heavy atom. The molecule has 1 heterocycles. The summed E-state index contributed by atoms with van der Waals surface area (Å²) in [5.74, 6) is 0.741. The monoisotopic (exact) mass is 448 g/mol. The molecule has 0 fully saturated rings. The van der Waals surface area contributed by atoms with Crippen molar-refractivity contribution in [2.75, 3.05) is 45.4 Å². The molecular weight excluding hydrogens is 408 g/mol. The summed E-state index contributed by atoms with van der Waals surface area (Å²) in [6.07, 6.45) is 4.32. The molecule has 0 aliphatic carbocycles. The van der Waals surface area contributed by atoms with Crippen LogP contribution >= 0.6 is 0 Å². The molecule has 2 rings (SSSR count). The minimum atomic E-state index is 0.304. The number of carbonyl (C=O) groups excluding carboxylic acids is 1. The van der Waals surface area contributed by atoms with Crippen LogP contribution in [0.2, 0.25) is 0 Å². The van der Waals surface area contributed by atoms with Gasteiger partial charge in [0, 0.05) is 25.2 Å². The van der Waals surface area contributed by atoms with Crippen LogP contribution in [0.15, 0.2) is 30.5 Å². The number of anilines is 1. The highest BCUT2D eigenvalue weighted by molar-refractivity contribution is 5.49. The fourth-order valence-corrected chi connectivity index (χ4v) is 2.66. The van der Waals surface area contributed by atoms with E-state index in [1.165, 1.54) is 17.7 Å². The summed E-state index contributed by atoms with van der Waals surface area (Å²) in [6.45, 7) is 11.5. The number of carbonyl (C=O) groups is 1. The van der Waals surface area contributed by atoms with E-state index in [0.717, 1.165) is 17.9 Å². The summed E-state index contributed by atoms with van der Waals surface area (Å²) in [6, 6.07) is 8.92. The molecule has 0 aliphatic rings. The molecule has 1 aromatic carbocycles. The van der Waals surface area contributed by atoms with Crippen molar-refractivity contribution in [2.24, 2.45) is 5.92 Å². The van der Waals surface area contributed by atoms with Crippen LogP contribution in [0.4, 0.5) is 5.69 Å². The number of rotatable bonds is 15. The number of benzene rings is 1. The van der Waals surface area contributed by atoms with Gasteiger partial charge in [0.15, 0.2) is 0 Å². The highest BCUT2D eigenvalue weighted by Gasteiger charge is 2.03. The molecule has 0 aliphatic heterocycles. The lowest BCUT2D eigenvalue weighted by molar-refractivity contribution is -0.108. The number of hydrogen-bond acceptors (Lipinski definition) is 7. The maximum absolute atomic E-state index is 10.0. The second-order valence-electron chi connectivity index (χ2n) is 8.06. The van der Waals surface area contributed by atoms with Gasteiger partial charge in [0.25, 0.3) is 0 Å². The molecule has 32 heavy (non-hydrogen) atoms. The summed E-state index contributed by atoms with van der Waals surface area (Å²) in [5.41, 5.74) is 3.42. The van der Waals surface area contributed by atoms with E-state index in [-0.39, 0.29) is 0 Å². The third kappa shape index (κ3) is 13.2. The van der Waals surface area contributed by atoms with Crippen molar-refractivity contribution in [1.82, 2.24) is 15.0 Å². The molecule has 1 aromatic heterocycles. The molecule has 0 bridgehead atoms. The highest BCUT2D eigenvalue weighted by Crippen LogP contribution is 2.12. The zero-order valence-corrected chi connectivity index (χ0v) is 20.3. The second-order valence-corrected chi connectivity index (χ2v) is 8.06. The smallest absolute Gasteiger partial charge is 0.122 e. The summed E-state index contributed by atoms with van der Waals surface area (Å²) < 4.78 is 17.7. The standard InChI is InChI=1S/C13H23N3O4.C11H17N/c1-12(2)16-10-13(14-15-16)11-20-9-8-19-7-6-18-5-3-4-17;1-9(2)8-10-4-6-11(12-3)7-5-10/h4,10,12H,3,5-9,11H2,1-2H3;4-7,9,12H,8H2,1-3H3. The molecule has 0 saturated heterocycles. The topological polar surface area (TPSA) is 87.5 Å². The number of nitrogens with zero attached hydrogens (tertiary/aromatic N) is 3. The van der Waals surface area contributed by atoms with E-state index >= 15 is 0 Å². The van der Waals surface area contributed by atoms with E-state index in [4.69, 9.17) is 14.2 Å². The van der Waals surface area contributed by atoms with Crippen LogP contribution < -0.4 is 5.32 Å². The quantitative estimate of drug-likeness (QED) is 0.326. The molecule has 2 aromatic rings. The third-order valence-corrected chi connectivity index (χ3v) is 4.35. The Labute approximate surface area is 192 Å². The Morgan fingerprint density at radius 2 is 1.59 bits per heavy atom. The van der Waals surface area contributed by atoms with Gasteiger partial charge in [-0.05, 0) is 43.9 Å². The fourth-order valence-electron chi connectivity index (χ4n) is 2.66. The van der Waals surface area contributed by atoms with Crippen LogP contribution in [0.3, 0.4) is 0 Å². The van der Waals surface area contributed by atoms with Gasteiger partial charge in [-0.25, -0.2) is 4.68 Å². The SMILES string of the molecule is CC(C)n1cc(COCCOCCOCCC=O)nn1.CNc1ccc(CC(C)C)cc1. The molecule has 0 unspecified atom stereocenters. The second kappa shape index (κ2) is 17.3. The van der Waals surface area contributed by atoms with Crippen LogP contribution in [0, 0.1) is 5.92 Å². The number of hydrogen-bond donors (Lipinski definition) is 1. The van der Waals surface area contributed by atoms with E-state index in [9.17, 15) is 4.79 Å². The Morgan fingerprint density at radius 3 is 2.12 bits per heavy atom. The Kier molecular flexibility index (Phi) is 15.0. The molecule has 0 saturated carbocycles. The minimum Gasteiger partial charge on any atom is -0.388 e. The van der Waals surface area contributed by atoms with Gasteiger partial charge in [-0.3, -0.25) is 0 Å². The first-order valence-corrected chi connectivity index (χ1v) is 11.3. The van der Waals surface area contributed by atoms with Gasteiger partial charge < -0.3 is 24.3 Å². The van der Waals surface area contributed by atoms with E-state index in [1.807, 2.05) is 27.1 Å². The van der Waals surface area contributed by atoms with Crippen molar-refractivity contribution in [3.63, 3.8) is 0 Å². The highest BCUT2D eigenvalue weighted by atomic mass is 16.5. The Hall–Kier alpha value is -2.29. The maximum Gasteiger partial charge on any atom is 0.122 e. The van der Waals surface area contributed by atoms with Crippen LogP contribution in [0.25, 0.3) is 0 Å². The number of aldehydes is 1. The first kappa shape index (κ1) is 27.7. The van der Waals surface area contributed by atoms with Gasteiger partial charge in [0.1, 0.15) is 12.0 Å². The average Bonchev–Trinajstić information content (AvgIpc) is 3.25. The molecule has 8 heteroatoms. The largest absolute Gasteiger partial charge is 0.388 e. The van der Waals surface area contributed by atoms with Crippen LogP contribution in [-0.2, 0) is 32.0 Å². The lowest BCUT2D eigenvalue weighted by atomic mass is 10.0. The van der Waals surface area contributed by atoms with Crippen molar-refractivity contribution in [3.8, 4) is 0 Å². The molecule has 0 amide bonds. The predicted molar refractivity (Wildman–Crippen MR) is 127 cm³/mol. The maximum atomic E-state index is 10.0. The van der Waals surface area contributed by atoms with E-state index in [0.29, 0.717) is 52.1 Å². The van der Waals surface area contributed by atoms with Gasteiger partial charge >= 0.3 is 0 Å². The summed E-state index contributed by atoms with van der Waals surface area (Å²) >= 11 is 0. The van der Waals surface area contributed by atoms with Gasteiger partial charge in [0.2, 0.25) is 0 Å². The first-order chi connectivity index (χ1) is 15.5. The summed E-state index contributed by atoms with van der Waals surface area (Å²) in [4.78, 5) is 10.0. The number of ether oxygens (including phenoxy) is 3. The van der Waals surface area contributed by atoms with Gasteiger partial charge in [-0.1, -0.05) is 31.2 Å². The average molecular weight is 449 g/mol. The summed E-state index contributed by atoms with van der Waals surface area (Å²) in [5, 5.41) is 11.1. The predicted octanol–water partition coefficient (Wildman–Crippen LogP) is 3.92. The lowest BCUT2D eigenvalue weighted by Crippen LogP contribution is -2.10. The first-order valence-electron chi connectivity index (χ1n) is 11.3. The number of aromatic nitrogens is 3. The van der Waals surface area contributed by atoms with Crippen molar-refractivity contribution in [1.29, 1.82) is 0 Å². The van der Waals surface area contributed by atoms with E-state index in [1.54, 1.807) is 4.68 Å². The summed E-state index contributed by atoms with van der Waals surface area (Å²) in [7, 11) is 1.94. The normalized spacial score (nSPS) is 10.8. The Bertz CT molecular complexity index is 717. The van der Waals surface area contributed by atoms with Crippen molar-refractivity contribution < 1.29 is 19.0 Å². The zero-order chi connectivity index (χ0) is 23.6. The van der Waals surface area contributed by atoms with Gasteiger partial charge in [0.05, 0.1) is 45.8 Å². The van der Waals surface area contributed by atoms with Crippen LogP contribution in [0.1, 0.15) is 51.4 Å². The van der Waals surface area contributed by atoms with Crippen LogP contribution in [0.5, 0.6) is 0 Å².